The first-order valence-corrected chi connectivity index (χ1v) is 7.05. The molecule has 0 saturated heterocycles. The van der Waals surface area contributed by atoms with Crippen molar-refractivity contribution in [2.45, 2.75) is 13.3 Å². The van der Waals surface area contributed by atoms with Crippen LogP contribution in [-0.2, 0) is 6.42 Å². The average molecular weight is 283 g/mol. The van der Waals surface area contributed by atoms with Gasteiger partial charge in [-0.3, -0.25) is 5.41 Å². The largest absolute Gasteiger partial charge is 0.384 e. The number of hydrogen-bond donors (Lipinski definition) is 2. The molecule has 0 aliphatic carbocycles. The average Bonchev–Trinajstić information content (AvgIpc) is 2.46. The second-order valence-electron chi connectivity index (χ2n) is 5.62. The molecule has 3 N–H and O–H groups in total. The Hall–Kier alpha value is -2.36. The molecule has 0 radical (unpaired) electrons. The van der Waals surface area contributed by atoms with E-state index in [9.17, 15) is 4.39 Å². The number of benzene rings is 2. The molecule has 1 aliphatic heterocycles. The summed E-state index contributed by atoms with van der Waals surface area (Å²) in [5.74, 6) is 0.00672. The van der Waals surface area contributed by atoms with Crippen LogP contribution in [0, 0.1) is 17.1 Å². The summed E-state index contributed by atoms with van der Waals surface area (Å²) in [5, 5.41) is 7.71. The molecule has 1 unspecified atom stereocenters. The minimum absolute atomic E-state index is 0.111. The molecule has 3 nitrogen and oxygen atoms in total. The second-order valence-corrected chi connectivity index (χ2v) is 5.62. The molecule has 0 amide bonds. The van der Waals surface area contributed by atoms with E-state index in [-0.39, 0.29) is 11.7 Å². The molecule has 21 heavy (non-hydrogen) atoms. The van der Waals surface area contributed by atoms with Crippen molar-refractivity contribution in [1.29, 1.82) is 5.41 Å². The predicted molar refractivity (Wildman–Crippen MR) is 83.7 cm³/mol. The van der Waals surface area contributed by atoms with Gasteiger partial charge in [-0.2, -0.15) is 0 Å². The minimum Gasteiger partial charge on any atom is -0.384 e. The van der Waals surface area contributed by atoms with E-state index in [1.807, 2.05) is 12.1 Å². The van der Waals surface area contributed by atoms with Crippen LogP contribution in [0.1, 0.15) is 18.1 Å². The molecule has 2 aromatic carbocycles. The Morgan fingerprint density at radius 3 is 2.76 bits per heavy atom. The molecule has 1 aliphatic rings. The molecule has 4 heteroatoms. The zero-order valence-electron chi connectivity index (χ0n) is 11.9. The van der Waals surface area contributed by atoms with Crippen LogP contribution in [-0.4, -0.2) is 12.4 Å². The fourth-order valence-corrected chi connectivity index (χ4v) is 2.98. The number of amidine groups is 1. The number of nitrogen functional groups attached to an aromatic ring is 1. The fourth-order valence-electron chi connectivity index (χ4n) is 2.98. The minimum atomic E-state index is -0.373. The molecule has 0 spiro atoms. The van der Waals surface area contributed by atoms with Gasteiger partial charge in [0.05, 0.1) is 5.69 Å². The first-order valence-electron chi connectivity index (χ1n) is 7.05. The van der Waals surface area contributed by atoms with Crippen LogP contribution in [0.4, 0.5) is 15.8 Å². The summed E-state index contributed by atoms with van der Waals surface area (Å²) in [6.45, 7) is 3.03. The lowest BCUT2D eigenvalue weighted by atomic mass is 9.93. The van der Waals surface area contributed by atoms with E-state index < -0.39 is 0 Å². The molecule has 1 heterocycles. The number of nitrogens with zero attached hydrogens (tertiary/aromatic N) is 1. The lowest BCUT2D eigenvalue weighted by Crippen LogP contribution is -2.32. The van der Waals surface area contributed by atoms with Gasteiger partial charge in [0.15, 0.2) is 0 Å². The van der Waals surface area contributed by atoms with E-state index >= 15 is 0 Å². The molecule has 2 aromatic rings. The highest BCUT2D eigenvalue weighted by molar-refractivity contribution is 6.01. The Morgan fingerprint density at radius 2 is 2.00 bits per heavy atom. The number of anilines is 2. The van der Waals surface area contributed by atoms with Crippen molar-refractivity contribution >= 4 is 17.2 Å². The van der Waals surface area contributed by atoms with Gasteiger partial charge in [-0.05, 0) is 42.2 Å². The molecule has 0 bridgehead atoms. The Balaban J connectivity index is 2.15. The Morgan fingerprint density at radius 1 is 1.24 bits per heavy atom. The molecule has 0 fully saturated rings. The highest BCUT2D eigenvalue weighted by Crippen LogP contribution is 2.36. The standard InChI is InChI=1S/C17H18FN3/c1-11-8-12-4-2-3-5-15(12)21(10-11)16-7-6-13(18)9-14(16)17(19)20/h2-7,9,11H,8,10H2,1H3,(H3,19,20). The number of fused-ring (bicyclic) bond motifs is 1. The molecular weight excluding hydrogens is 265 g/mol. The summed E-state index contributed by atoms with van der Waals surface area (Å²) in [5.41, 5.74) is 9.26. The van der Waals surface area contributed by atoms with Crippen molar-refractivity contribution in [3.8, 4) is 0 Å². The molecule has 1 atom stereocenters. The van der Waals surface area contributed by atoms with Crippen molar-refractivity contribution in [3.05, 3.63) is 59.4 Å². The molecule has 108 valence electrons. The maximum absolute atomic E-state index is 13.5. The normalized spacial score (nSPS) is 17.4. The zero-order chi connectivity index (χ0) is 15.0. The highest BCUT2D eigenvalue weighted by Gasteiger charge is 2.24. The molecule has 0 aromatic heterocycles. The van der Waals surface area contributed by atoms with E-state index in [4.69, 9.17) is 11.1 Å². The van der Waals surface area contributed by atoms with E-state index in [1.165, 1.54) is 17.7 Å². The topological polar surface area (TPSA) is 53.1 Å². The lowest BCUT2D eigenvalue weighted by Gasteiger charge is -2.35. The van der Waals surface area contributed by atoms with Crippen molar-refractivity contribution < 1.29 is 4.39 Å². The van der Waals surface area contributed by atoms with Gasteiger partial charge in [-0.25, -0.2) is 4.39 Å². The van der Waals surface area contributed by atoms with Gasteiger partial charge >= 0.3 is 0 Å². The maximum atomic E-state index is 13.5. The summed E-state index contributed by atoms with van der Waals surface area (Å²) in [6, 6.07) is 12.7. The Labute approximate surface area is 123 Å². The van der Waals surface area contributed by atoms with Crippen molar-refractivity contribution in [2.75, 3.05) is 11.4 Å². The van der Waals surface area contributed by atoms with Gasteiger partial charge in [-0.1, -0.05) is 25.1 Å². The fraction of sp³-hybridized carbons (Fsp3) is 0.235. The van der Waals surface area contributed by atoms with Gasteiger partial charge in [0.1, 0.15) is 11.7 Å². The summed E-state index contributed by atoms with van der Waals surface area (Å²) in [4.78, 5) is 2.14. The predicted octanol–water partition coefficient (Wildman–Crippen LogP) is 3.44. The van der Waals surface area contributed by atoms with Gasteiger partial charge in [-0.15, -0.1) is 0 Å². The van der Waals surface area contributed by atoms with Gasteiger partial charge < -0.3 is 10.6 Å². The molecule has 0 saturated carbocycles. The van der Waals surface area contributed by atoms with Crippen molar-refractivity contribution in [1.82, 2.24) is 0 Å². The second kappa shape index (κ2) is 5.20. The van der Waals surface area contributed by atoms with Crippen molar-refractivity contribution in [2.24, 2.45) is 11.7 Å². The summed E-state index contributed by atoms with van der Waals surface area (Å²) < 4.78 is 13.5. The molecular formula is C17H18FN3. The quantitative estimate of drug-likeness (QED) is 0.655. The van der Waals surface area contributed by atoms with Crippen molar-refractivity contribution in [3.63, 3.8) is 0 Å². The number of rotatable bonds is 2. The summed E-state index contributed by atoms with van der Waals surface area (Å²) in [7, 11) is 0. The van der Waals surface area contributed by atoms with Gasteiger partial charge in [0.25, 0.3) is 0 Å². The number of halogens is 1. The SMILES string of the molecule is CC1Cc2ccccc2N(c2ccc(F)cc2C(=N)N)C1. The highest BCUT2D eigenvalue weighted by atomic mass is 19.1. The van der Waals surface area contributed by atoms with Crippen LogP contribution in [0.2, 0.25) is 0 Å². The zero-order valence-corrected chi connectivity index (χ0v) is 11.9. The smallest absolute Gasteiger partial charge is 0.125 e. The number of nitrogens with two attached hydrogens (primary N) is 1. The third kappa shape index (κ3) is 2.49. The summed E-state index contributed by atoms with van der Waals surface area (Å²) >= 11 is 0. The maximum Gasteiger partial charge on any atom is 0.125 e. The van der Waals surface area contributed by atoms with Gasteiger partial charge in [0, 0.05) is 17.8 Å². The third-order valence-electron chi connectivity index (χ3n) is 3.88. The van der Waals surface area contributed by atoms with E-state index in [2.05, 4.69) is 24.0 Å². The van der Waals surface area contributed by atoms with Crippen LogP contribution in [0.3, 0.4) is 0 Å². The van der Waals surface area contributed by atoms with E-state index in [0.29, 0.717) is 11.5 Å². The molecule has 3 rings (SSSR count). The number of hydrogen-bond acceptors (Lipinski definition) is 2. The first-order chi connectivity index (χ1) is 10.1. The van der Waals surface area contributed by atoms with E-state index in [1.54, 1.807) is 6.07 Å². The third-order valence-corrected chi connectivity index (χ3v) is 3.88. The Bertz CT molecular complexity index is 696. The van der Waals surface area contributed by atoms with E-state index in [0.717, 1.165) is 24.3 Å². The summed E-state index contributed by atoms with van der Waals surface area (Å²) in [6.07, 6.45) is 1.03. The van der Waals surface area contributed by atoms with Gasteiger partial charge in [0.2, 0.25) is 0 Å². The van der Waals surface area contributed by atoms with Crippen LogP contribution < -0.4 is 10.6 Å². The van der Waals surface area contributed by atoms with Crippen LogP contribution in [0.25, 0.3) is 0 Å². The lowest BCUT2D eigenvalue weighted by molar-refractivity contribution is 0.562. The Kier molecular flexibility index (Phi) is 3.37. The van der Waals surface area contributed by atoms with Crippen LogP contribution >= 0.6 is 0 Å². The number of nitrogens with one attached hydrogen (secondary N) is 1. The van der Waals surface area contributed by atoms with Crippen LogP contribution in [0.15, 0.2) is 42.5 Å². The van der Waals surface area contributed by atoms with Crippen LogP contribution in [0.5, 0.6) is 0 Å². The first kappa shape index (κ1) is 13.6. The monoisotopic (exact) mass is 283 g/mol. The number of para-hydroxylation sites is 1.